The summed E-state index contributed by atoms with van der Waals surface area (Å²) >= 11 is 0. The number of carboxylic acids is 2. The number of aliphatic hydroxyl groups is 1. The van der Waals surface area contributed by atoms with E-state index in [1.54, 1.807) is 0 Å². The van der Waals surface area contributed by atoms with Gasteiger partial charge in [0, 0.05) is 26.2 Å². The summed E-state index contributed by atoms with van der Waals surface area (Å²) in [5.74, 6) is -5.77. The quantitative estimate of drug-likeness (QED) is 0.450. The molecular formula is C11H18N2O7. The van der Waals surface area contributed by atoms with E-state index in [0.29, 0.717) is 26.2 Å². The van der Waals surface area contributed by atoms with Crippen LogP contribution in [0, 0.1) is 5.92 Å². The zero-order chi connectivity index (χ0) is 15.3. The SMILES string of the molecule is CC(C(=O)ON1CCNCC1)C(O)(CC(=O)O)C(=O)O. The van der Waals surface area contributed by atoms with Gasteiger partial charge in [0.25, 0.3) is 0 Å². The summed E-state index contributed by atoms with van der Waals surface area (Å²) in [4.78, 5) is 38.5. The predicted molar refractivity (Wildman–Crippen MR) is 64.5 cm³/mol. The van der Waals surface area contributed by atoms with Gasteiger partial charge in [0.15, 0.2) is 5.60 Å². The van der Waals surface area contributed by atoms with Gasteiger partial charge in [-0.15, -0.1) is 5.06 Å². The number of nitrogens with zero attached hydrogens (tertiary/aromatic N) is 1. The monoisotopic (exact) mass is 290 g/mol. The number of aliphatic carboxylic acids is 2. The largest absolute Gasteiger partial charge is 0.481 e. The second-order valence-corrected chi connectivity index (χ2v) is 4.61. The second kappa shape index (κ2) is 6.64. The fourth-order valence-electron chi connectivity index (χ4n) is 1.78. The van der Waals surface area contributed by atoms with Crippen molar-refractivity contribution in [2.24, 2.45) is 5.92 Å². The molecule has 0 spiro atoms. The van der Waals surface area contributed by atoms with Crippen molar-refractivity contribution in [3.63, 3.8) is 0 Å². The van der Waals surface area contributed by atoms with E-state index >= 15 is 0 Å². The van der Waals surface area contributed by atoms with Crippen LogP contribution in [0.15, 0.2) is 0 Å². The molecule has 1 aliphatic heterocycles. The fourth-order valence-corrected chi connectivity index (χ4v) is 1.78. The Morgan fingerprint density at radius 3 is 2.30 bits per heavy atom. The summed E-state index contributed by atoms with van der Waals surface area (Å²) in [5.41, 5.74) is -2.70. The standard InChI is InChI=1S/C11H18N2O7/c1-7(11(19,10(17)18)6-8(14)15)9(16)20-13-4-2-12-3-5-13/h7,12,19H,2-6H2,1H3,(H,14,15)(H,17,18). The molecule has 20 heavy (non-hydrogen) atoms. The van der Waals surface area contributed by atoms with E-state index in [-0.39, 0.29) is 0 Å². The fraction of sp³-hybridized carbons (Fsp3) is 0.727. The Morgan fingerprint density at radius 1 is 1.30 bits per heavy atom. The minimum atomic E-state index is -2.70. The first-order valence-corrected chi connectivity index (χ1v) is 6.12. The first-order valence-electron chi connectivity index (χ1n) is 6.12. The predicted octanol–water partition coefficient (Wildman–Crippen LogP) is -1.72. The van der Waals surface area contributed by atoms with E-state index in [4.69, 9.17) is 15.1 Å². The van der Waals surface area contributed by atoms with Crippen LogP contribution in [0.25, 0.3) is 0 Å². The maximum atomic E-state index is 11.8. The van der Waals surface area contributed by atoms with Gasteiger partial charge >= 0.3 is 17.9 Å². The summed E-state index contributed by atoms with van der Waals surface area (Å²) < 4.78 is 0. The molecule has 114 valence electrons. The van der Waals surface area contributed by atoms with Gasteiger partial charge < -0.3 is 25.5 Å². The van der Waals surface area contributed by atoms with Crippen LogP contribution >= 0.6 is 0 Å². The van der Waals surface area contributed by atoms with Crippen molar-refractivity contribution in [2.75, 3.05) is 26.2 Å². The van der Waals surface area contributed by atoms with E-state index in [0.717, 1.165) is 6.92 Å². The highest BCUT2D eigenvalue weighted by Crippen LogP contribution is 2.24. The third-order valence-electron chi connectivity index (χ3n) is 3.16. The van der Waals surface area contributed by atoms with Crippen molar-refractivity contribution in [3.05, 3.63) is 0 Å². The highest BCUT2D eigenvalue weighted by molar-refractivity contribution is 5.89. The van der Waals surface area contributed by atoms with Crippen molar-refractivity contribution in [1.82, 2.24) is 10.4 Å². The molecule has 0 saturated carbocycles. The minimum Gasteiger partial charge on any atom is -0.481 e. The number of hydrogen-bond donors (Lipinski definition) is 4. The summed E-state index contributed by atoms with van der Waals surface area (Å²) in [5, 5.41) is 31.9. The molecule has 4 N–H and O–H groups in total. The van der Waals surface area contributed by atoms with Crippen LogP contribution in [0.2, 0.25) is 0 Å². The summed E-state index contributed by atoms with van der Waals surface area (Å²) in [7, 11) is 0. The Balaban J connectivity index is 2.72. The normalized spacial score (nSPS) is 20.7. The molecule has 0 aromatic carbocycles. The van der Waals surface area contributed by atoms with E-state index in [1.165, 1.54) is 5.06 Å². The van der Waals surface area contributed by atoms with Crippen LogP contribution in [0.1, 0.15) is 13.3 Å². The lowest BCUT2D eigenvalue weighted by Crippen LogP contribution is -2.52. The van der Waals surface area contributed by atoms with Gasteiger partial charge in [0.2, 0.25) is 0 Å². The van der Waals surface area contributed by atoms with Crippen LogP contribution in [-0.2, 0) is 19.2 Å². The first kappa shape index (κ1) is 16.3. The average Bonchev–Trinajstić information content (AvgIpc) is 2.37. The molecule has 0 bridgehead atoms. The zero-order valence-electron chi connectivity index (χ0n) is 11.0. The maximum Gasteiger partial charge on any atom is 0.337 e. The third kappa shape index (κ3) is 3.89. The minimum absolute atomic E-state index is 0.433. The number of piperazine rings is 1. The number of rotatable bonds is 6. The molecule has 0 aromatic heterocycles. The summed E-state index contributed by atoms with van der Waals surface area (Å²) in [6.07, 6.45) is -1.08. The number of carboxylic acid groups (broad SMARTS) is 2. The van der Waals surface area contributed by atoms with Crippen LogP contribution in [0.5, 0.6) is 0 Å². The second-order valence-electron chi connectivity index (χ2n) is 4.61. The van der Waals surface area contributed by atoms with Crippen molar-refractivity contribution in [1.29, 1.82) is 0 Å². The Labute approximate surface area is 115 Å². The molecule has 1 aliphatic rings. The molecule has 0 amide bonds. The Bertz CT molecular complexity index is 394. The van der Waals surface area contributed by atoms with Crippen molar-refractivity contribution >= 4 is 17.9 Å². The van der Waals surface area contributed by atoms with Crippen LogP contribution in [-0.4, -0.2) is 70.1 Å². The van der Waals surface area contributed by atoms with Crippen LogP contribution < -0.4 is 5.32 Å². The van der Waals surface area contributed by atoms with Gasteiger partial charge in [0.1, 0.15) is 0 Å². The van der Waals surface area contributed by atoms with Crippen molar-refractivity contribution < 1.29 is 34.5 Å². The van der Waals surface area contributed by atoms with Crippen LogP contribution in [0.4, 0.5) is 0 Å². The molecule has 2 atom stereocenters. The summed E-state index contributed by atoms with van der Waals surface area (Å²) in [6, 6.07) is 0. The Hall–Kier alpha value is -1.71. The lowest BCUT2D eigenvalue weighted by atomic mass is 9.86. The van der Waals surface area contributed by atoms with Gasteiger partial charge in [-0.05, 0) is 6.92 Å². The van der Waals surface area contributed by atoms with Gasteiger partial charge in [0.05, 0.1) is 12.3 Å². The topological polar surface area (TPSA) is 136 Å². The van der Waals surface area contributed by atoms with Gasteiger partial charge in [-0.3, -0.25) is 4.79 Å². The number of hydrogen-bond acceptors (Lipinski definition) is 7. The molecular weight excluding hydrogens is 272 g/mol. The highest BCUT2D eigenvalue weighted by Gasteiger charge is 2.48. The zero-order valence-corrected chi connectivity index (χ0v) is 11.0. The molecule has 0 aromatic rings. The van der Waals surface area contributed by atoms with E-state index in [9.17, 15) is 19.5 Å². The van der Waals surface area contributed by atoms with E-state index < -0.39 is 35.8 Å². The van der Waals surface area contributed by atoms with E-state index in [1.807, 2.05) is 0 Å². The molecule has 2 unspecified atom stereocenters. The maximum absolute atomic E-state index is 11.8. The molecule has 1 fully saturated rings. The third-order valence-corrected chi connectivity index (χ3v) is 3.16. The van der Waals surface area contributed by atoms with Crippen molar-refractivity contribution in [3.8, 4) is 0 Å². The highest BCUT2D eigenvalue weighted by atomic mass is 16.7. The Kier molecular flexibility index (Phi) is 5.43. The number of hydroxylamine groups is 2. The molecule has 1 rings (SSSR count). The van der Waals surface area contributed by atoms with Crippen LogP contribution in [0.3, 0.4) is 0 Å². The van der Waals surface area contributed by atoms with E-state index in [2.05, 4.69) is 5.32 Å². The smallest absolute Gasteiger partial charge is 0.337 e. The Morgan fingerprint density at radius 2 is 1.85 bits per heavy atom. The number of carbonyl (C=O) groups is 3. The molecule has 1 heterocycles. The molecule has 0 aliphatic carbocycles. The molecule has 9 heteroatoms. The lowest BCUT2D eigenvalue weighted by Gasteiger charge is -2.30. The average molecular weight is 290 g/mol. The molecule has 1 saturated heterocycles. The number of carbonyl (C=O) groups excluding carboxylic acids is 1. The number of nitrogens with one attached hydrogen (secondary N) is 1. The van der Waals surface area contributed by atoms with Gasteiger partial charge in [-0.1, -0.05) is 0 Å². The molecule has 0 radical (unpaired) electrons. The lowest BCUT2D eigenvalue weighted by molar-refractivity contribution is -0.209. The van der Waals surface area contributed by atoms with Gasteiger partial charge in [-0.2, -0.15) is 0 Å². The first-order chi connectivity index (χ1) is 9.27. The summed E-state index contributed by atoms with van der Waals surface area (Å²) in [6.45, 7) is 3.22. The molecule has 9 nitrogen and oxygen atoms in total. The van der Waals surface area contributed by atoms with Crippen molar-refractivity contribution in [2.45, 2.75) is 18.9 Å². The van der Waals surface area contributed by atoms with Gasteiger partial charge in [-0.25, -0.2) is 9.59 Å².